The molecule has 1 amide bonds. The van der Waals surface area contributed by atoms with Gasteiger partial charge in [0.05, 0.1) is 0 Å². The van der Waals surface area contributed by atoms with Crippen LogP contribution in [0.4, 0.5) is 13.2 Å². The van der Waals surface area contributed by atoms with E-state index in [0.717, 1.165) is 0 Å². The van der Waals surface area contributed by atoms with Crippen LogP contribution in [0.1, 0.15) is 17.2 Å². The molecule has 9 nitrogen and oxygen atoms in total. The molecule has 176 valence electrons. The van der Waals surface area contributed by atoms with Gasteiger partial charge >= 0.3 is 6.18 Å². The van der Waals surface area contributed by atoms with Crippen LogP contribution in [0.2, 0.25) is 0 Å². The lowest BCUT2D eigenvalue weighted by atomic mass is 10.1. The Labute approximate surface area is 190 Å². The summed E-state index contributed by atoms with van der Waals surface area (Å²) in [5.41, 5.74) is 4.68. The largest absolute Gasteiger partial charge is 0.422 e. The van der Waals surface area contributed by atoms with Gasteiger partial charge in [0.15, 0.2) is 6.10 Å². The molecule has 0 aliphatic rings. The number of hydrogen-bond acceptors (Lipinski definition) is 8. The molecule has 4 rings (SSSR count). The molecular formula is C22H18F3N5O4. The lowest BCUT2D eigenvalue weighted by molar-refractivity contribution is -0.137. The van der Waals surface area contributed by atoms with Gasteiger partial charge in [0.1, 0.15) is 11.3 Å². The Morgan fingerprint density at radius 2 is 1.74 bits per heavy atom. The minimum Gasteiger partial charge on any atom is -0.378 e. The van der Waals surface area contributed by atoms with Crippen molar-refractivity contribution in [2.24, 2.45) is 5.73 Å². The highest BCUT2D eigenvalue weighted by molar-refractivity contribution is 5.82. The van der Waals surface area contributed by atoms with Gasteiger partial charge in [-0.2, -0.15) is 18.2 Å². The van der Waals surface area contributed by atoms with Gasteiger partial charge < -0.3 is 25.2 Å². The molecule has 0 fully saturated rings. The van der Waals surface area contributed by atoms with Crippen molar-refractivity contribution in [2.45, 2.75) is 12.3 Å². The Kier molecular flexibility index (Phi) is 6.43. The van der Waals surface area contributed by atoms with Crippen molar-refractivity contribution in [3.05, 3.63) is 65.7 Å². The number of amides is 1. The zero-order valence-electron chi connectivity index (χ0n) is 17.4. The molecule has 0 radical (unpaired) electrons. The number of benzene rings is 2. The lowest BCUT2D eigenvalue weighted by Gasteiger charge is -2.11. The summed E-state index contributed by atoms with van der Waals surface area (Å²) < 4.78 is 51.6. The first kappa shape index (κ1) is 23.1. The molecular weight excluding hydrogens is 455 g/mol. The number of halogens is 3. The zero-order chi connectivity index (χ0) is 24.3. The molecule has 12 heteroatoms. The average molecular weight is 473 g/mol. The summed E-state index contributed by atoms with van der Waals surface area (Å²) in [5, 5.41) is 19.9. The van der Waals surface area contributed by atoms with Crippen LogP contribution in [-0.4, -0.2) is 39.4 Å². The quantitative estimate of drug-likeness (QED) is 0.372. The highest BCUT2D eigenvalue weighted by atomic mass is 19.4. The molecule has 0 saturated heterocycles. The molecule has 2 aromatic heterocycles. The van der Waals surface area contributed by atoms with Crippen LogP contribution < -0.4 is 11.1 Å². The van der Waals surface area contributed by atoms with E-state index in [0.29, 0.717) is 11.1 Å². The summed E-state index contributed by atoms with van der Waals surface area (Å²) in [6, 6.07) is 13.7. The average Bonchev–Trinajstić information content (AvgIpc) is 3.50. The van der Waals surface area contributed by atoms with Gasteiger partial charge in [0.25, 0.3) is 11.8 Å². The molecule has 0 aliphatic heterocycles. The maximum atomic E-state index is 13.9. The van der Waals surface area contributed by atoms with E-state index >= 15 is 0 Å². The van der Waals surface area contributed by atoms with E-state index in [1.807, 2.05) is 0 Å². The molecule has 2 aromatic carbocycles. The van der Waals surface area contributed by atoms with Crippen LogP contribution in [0.25, 0.3) is 34.3 Å². The summed E-state index contributed by atoms with van der Waals surface area (Å²) in [4.78, 5) is 15.9. The van der Waals surface area contributed by atoms with E-state index < -0.39 is 41.1 Å². The number of hydrogen-bond donors (Lipinski definition) is 3. The van der Waals surface area contributed by atoms with Crippen molar-refractivity contribution >= 4 is 5.91 Å². The molecule has 0 aliphatic carbocycles. The fourth-order valence-electron chi connectivity index (χ4n) is 3.18. The summed E-state index contributed by atoms with van der Waals surface area (Å²) in [6.45, 7) is 0.443. The van der Waals surface area contributed by atoms with E-state index in [4.69, 9.17) is 14.8 Å². The number of carbonyl (C=O) groups is 1. The van der Waals surface area contributed by atoms with Crippen molar-refractivity contribution in [1.82, 2.24) is 20.6 Å². The van der Waals surface area contributed by atoms with Gasteiger partial charge in [0, 0.05) is 24.2 Å². The molecule has 0 bridgehead atoms. The second-order valence-corrected chi connectivity index (χ2v) is 7.13. The van der Waals surface area contributed by atoms with Crippen LogP contribution in [0.3, 0.4) is 0 Å². The van der Waals surface area contributed by atoms with Crippen LogP contribution in [0.5, 0.6) is 0 Å². The highest BCUT2D eigenvalue weighted by Crippen LogP contribution is 2.43. The van der Waals surface area contributed by atoms with Crippen molar-refractivity contribution in [2.75, 3.05) is 13.1 Å². The second kappa shape index (κ2) is 9.45. The number of rotatable bonds is 7. The number of nitrogens with two attached hydrogens (primary N) is 1. The van der Waals surface area contributed by atoms with E-state index in [9.17, 15) is 23.1 Å². The summed E-state index contributed by atoms with van der Waals surface area (Å²) in [6.07, 6.45) is -6.21. The molecule has 2 heterocycles. The van der Waals surface area contributed by atoms with E-state index in [1.54, 1.807) is 18.2 Å². The van der Waals surface area contributed by atoms with Crippen LogP contribution >= 0.6 is 0 Å². The SMILES string of the molecule is NCCNC(=O)[C@H](O)c1ccc(-c2noc(-c3onc(-c4ccccc4)c3C(F)(F)F)n2)cc1. The first-order valence-corrected chi connectivity index (χ1v) is 10.0. The minimum atomic E-state index is -4.79. The van der Waals surface area contributed by atoms with Gasteiger partial charge in [0.2, 0.25) is 11.6 Å². The normalized spacial score (nSPS) is 12.5. The van der Waals surface area contributed by atoms with Crippen molar-refractivity contribution in [3.63, 3.8) is 0 Å². The van der Waals surface area contributed by atoms with Gasteiger partial charge in [-0.25, -0.2) is 0 Å². The van der Waals surface area contributed by atoms with E-state index in [1.165, 1.54) is 36.4 Å². The topological polar surface area (TPSA) is 140 Å². The lowest BCUT2D eigenvalue weighted by Crippen LogP contribution is -2.33. The Bertz CT molecular complexity index is 1270. The zero-order valence-corrected chi connectivity index (χ0v) is 17.4. The number of aliphatic hydroxyl groups excluding tert-OH is 1. The first-order valence-electron chi connectivity index (χ1n) is 10.0. The van der Waals surface area contributed by atoms with Gasteiger partial charge in [-0.15, -0.1) is 0 Å². The maximum absolute atomic E-state index is 13.9. The Balaban J connectivity index is 1.62. The maximum Gasteiger partial charge on any atom is 0.422 e. The smallest absolute Gasteiger partial charge is 0.378 e. The van der Waals surface area contributed by atoms with Crippen molar-refractivity contribution in [3.8, 4) is 34.3 Å². The van der Waals surface area contributed by atoms with Crippen LogP contribution in [0, 0.1) is 0 Å². The Hall–Kier alpha value is -4.03. The van der Waals surface area contributed by atoms with E-state index in [-0.39, 0.29) is 24.5 Å². The molecule has 1 atom stereocenters. The number of nitrogens with one attached hydrogen (secondary N) is 1. The summed E-state index contributed by atoms with van der Waals surface area (Å²) in [5.74, 6) is -1.83. The summed E-state index contributed by atoms with van der Waals surface area (Å²) in [7, 11) is 0. The highest BCUT2D eigenvalue weighted by Gasteiger charge is 2.42. The van der Waals surface area contributed by atoms with Gasteiger partial charge in [-0.1, -0.05) is 64.9 Å². The third-order valence-corrected chi connectivity index (χ3v) is 4.82. The Morgan fingerprint density at radius 3 is 2.38 bits per heavy atom. The predicted molar refractivity (Wildman–Crippen MR) is 113 cm³/mol. The molecule has 4 aromatic rings. The van der Waals surface area contributed by atoms with Crippen molar-refractivity contribution in [1.29, 1.82) is 0 Å². The molecule has 0 spiro atoms. The third kappa shape index (κ3) is 4.67. The van der Waals surface area contributed by atoms with Crippen molar-refractivity contribution < 1.29 is 32.1 Å². The minimum absolute atomic E-state index is 0.0191. The number of nitrogens with zero attached hydrogens (tertiary/aromatic N) is 3. The fraction of sp³-hybridized carbons (Fsp3) is 0.182. The Morgan fingerprint density at radius 1 is 1.03 bits per heavy atom. The number of carbonyl (C=O) groups excluding carboxylic acids is 1. The first-order chi connectivity index (χ1) is 16.3. The van der Waals surface area contributed by atoms with Gasteiger partial charge in [-0.3, -0.25) is 4.79 Å². The number of alkyl halides is 3. The second-order valence-electron chi connectivity index (χ2n) is 7.13. The number of aliphatic hydroxyl groups is 1. The molecule has 4 N–H and O–H groups in total. The number of aromatic nitrogens is 3. The van der Waals surface area contributed by atoms with Gasteiger partial charge in [-0.05, 0) is 5.56 Å². The molecule has 34 heavy (non-hydrogen) atoms. The molecule has 0 saturated carbocycles. The fourth-order valence-corrected chi connectivity index (χ4v) is 3.18. The summed E-state index contributed by atoms with van der Waals surface area (Å²) >= 11 is 0. The monoisotopic (exact) mass is 473 g/mol. The third-order valence-electron chi connectivity index (χ3n) is 4.82. The van der Waals surface area contributed by atoms with Crippen LogP contribution in [0.15, 0.2) is 63.6 Å². The van der Waals surface area contributed by atoms with E-state index in [2.05, 4.69) is 20.6 Å². The molecule has 0 unspecified atom stereocenters. The predicted octanol–water partition coefficient (Wildman–Crippen LogP) is 3.19. The standard InChI is InChI=1S/C22H18F3N5O4/c23-22(24,25)15-16(12-4-2-1-3-5-12)29-33-18(15)21-28-19(30-34-21)14-8-6-13(7-9-14)17(31)20(32)27-11-10-26/h1-9,17,31H,10-11,26H2,(H,27,32)/t17-/m1/s1. The van der Waals surface area contributed by atoms with Crippen LogP contribution in [-0.2, 0) is 11.0 Å².